The number of fused-ring (bicyclic) bond motifs is 2. The second-order valence-corrected chi connectivity index (χ2v) is 9.21. The van der Waals surface area contributed by atoms with Crippen LogP contribution < -0.4 is 44.9 Å². The normalized spacial score (nSPS) is 20.2. The van der Waals surface area contributed by atoms with E-state index in [2.05, 4.69) is 12.2 Å². The summed E-state index contributed by atoms with van der Waals surface area (Å²) in [4.78, 5) is 53.9. The molecular formula is C27H30N3NaO5. The van der Waals surface area contributed by atoms with Gasteiger partial charge < -0.3 is 25.0 Å². The van der Waals surface area contributed by atoms with Gasteiger partial charge in [-0.25, -0.2) is 0 Å². The van der Waals surface area contributed by atoms with E-state index in [1.54, 1.807) is 17.0 Å². The minimum Gasteiger partial charge on any atom is -0.550 e. The van der Waals surface area contributed by atoms with Gasteiger partial charge in [0.05, 0.1) is 0 Å². The number of unbranched alkanes of at least 4 members (excludes halogenated alkanes) is 2. The van der Waals surface area contributed by atoms with Gasteiger partial charge in [0.2, 0.25) is 12.3 Å². The van der Waals surface area contributed by atoms with Crippen molar-refractivity contribution in [1.82, 2.24) is 10.2 Å². The van der Waals surface area contributed by atoms with E-state index in [0.717, 1.165) is 30.4 Å². The molecule has 184 valence electrons. The Morgan fingerprint density at radius 3 is 2.50 bits per heavy atom. The zero-order valence-electron chi connectivity index (χ0n) is 20.9. The van der Waals surface area contributed by atoms with Crippen molar-refractivity contribution in [1.29, 1.82) is 0 Å². The zero-order valence-corrected chi connectivity index (χ0v) is 22.9. The van der Waals surface area contributed by atoms with Crippen molar-refractivity contribution in [3.8, 4) is 0 Å². The average molecular weight is 500 g/mol. The maximum atomic E-state index is 13.9. The standard InChI is InChI=1S/C27H31N3O5.Na/c1-2-3-8-15-30-22-12-7-6-11-21(22)27(26(30)35,14-13-24(32)33)28-25(34)23-16-19-9-4-5-10-20(19)17-29(23)18-31;/h4-7,9-12,18,23H,2-3,8,13-17H2,1H3,(H,28,34)(H,32,33);/q;+1/p-1. The molecule has 2 heterocycles. The van der Waals surface area contributed by atoms with Crippen LogP contribution in [0.2, 0.25) is 0 Å². The van der Waals surface area contributed by atoms with E-state index in [1.807, 2.05) is 36.4 Å². The van der Waals surface area contributed by atoms with Gasteiger partial charge in [-0.2, -0.15) is 0 Å². The number of carbonyl (C=O) groups excluding carboxylic acids is 4. The van der Waals surface area contributed by atoms with Gasteiger partial charge in [0.25, 0.3) is 5.91 Å². The van der Waals surface area contributed by atoms with Crippen LogP contribution in [-0.2, 0) is 37.7 Å². The maximum absolute atomic E-state index is 13.9. The average Bonchev–Trinajstić information content (AvgIpc) is 3.09. The number of benzene rings is 2. The first kappa shape index (κ1) is 27.9. The summed E-state index contributed by atoms with van der Waals surface area (Å²) in [5.41, 5.74) is 1.65. The van der Waals surface area contributed by atoms with E-state index in [-0.39, 0.29) is 48.4 Å². The molecule has 9 heteroatoms. The topological polar surface area (TPSA) is 110 Å². The van der Waals surface area contributed by atoms with E-state index in [9.17, 15) is 24.3 Å². The Bertz CT molecular complexity index is 1140. The molecule has 0 spiro atoms. The molecular weight excluding hydrogens is 469 g/mol. The molecule has 0 fully saturated rings. The van der Waals surface area contributed by atoms with Crippen molar-refractivity contribution in [2.45, 2.75) is 63.6 Å². The van der Waals surface area contributed by atoms with Gasteiger partial charge in [-0.1, -0.05) is 62.2 Å². The summed E-state index contributed by atoms with van der Waals surface area (Å²) < 4.78 is 0. The van der Waals surface area contributed by atoms with Crippen LogP contribution in [-0.4, -0.2) is 41.7 Å². The van der Waals surface area contributed by atoms with Gasteiger partial charge in [0.15, 0.2) is 0 Å². The van der Waals surface area contributed by atoms with Crippen LogP contribution in [0, 0.1) is 0 Å². The molecule has 1 N–H and O–H groups in total. The van der Waals surface area contributed by atoms with E-state index in [0.29, 0.717) is 30.6 Å². The van der Waals surface area contributed by atoms with E-state index in [1.165, 1.54) is 4.90 Å². The quantitative estimate of drug-likeness (QED) is 0.247. The Hall–Kier alpha value is -2.68. The molecule has 36 heavy (non-hydrogen) atoms. The third-order valence-electron chi connectivity index (χ3n) is 7.01. The van der Waals surface area contributed by atoms with Crippen molar-refractivity contribution < 1.29 is 53.8 Å². The summed E-state index contributed by atoms with van der Waals surface area (Å²) in [6.07, 6.45) is 3.16. The van der Waals surface area contributed by atoms with Crippen molar-refractivity contribution in [3.63, 3.8) is 0 Å². The molecule has 0 saturated heterocycles. The Labute approximate surface area is 233 Å². The molecule has 0 radical (unpaired) electrons. The van der Waals surface area contributed by atoms with Gasteiger partial charge in [-0.15, -0.1) is 0 Å². The molecule has 2 unspecified atom stereocenters. The Balaban J connectivity index is 0.00000361. The van der Waals surface area contributed by atoms with Gasteiger partial charge in [0, 0.05) is 36.7 Å². The number of rotatable bonds is 10. The number of anilines is 1. The minimum absolute atomic E-state index is 0. The number of para-hydroxylation sites is 1. The summed E-state index contributed by atoms with van der Waals surface area (Å²) in [6.45, 7) is 2.84. The Morgan fingerprint density at radius 2 is 1.81 bits per heavy atom. The largest absolute Gasteiger partial charge is 1.00 e. The van der Waals surface area contributed by atoms with Crippen LogP contribution in [0.1, 0.15) is 55.7 Å². The molecule has 2 aromatic rings. The predicted octanol–water partition coefficient (Wildman–Crippen LogP) is -1.35. The molecule has 3 amide bonds. The first-order valence-electron chi connectivity index (χ1n) is 12.1. The molecule has 0 saturated carbocycles. The van der Waals surface area contributed by atoms with Crippen LogP contribution in [0.25, 0.3) is 0 Å². The summed E-state index contributed by atoms with van der Waals surface area (Å²) in [5, 5.41) is 14.3. The number of hydrogen-bond donors (Lipinski definition) is 1. The molecule has 0 aliphatic carbocycles. The summed E-state index contributed by atoms with van der Waals surface area (Å²) in [7, 11) is 0. The fourth-order valence-electron chi connectivity index (χ4n) is 5.17. The number of hydrogen-bond acceptors (Lipinski definition) is 5. The Morgan fingerprint density at radius 1 is 1.11 bits per heavy atom. The minimum atomic E-state index is -1.54. The van der Waals surface area contributed by atoms with Crippen molar-refractivity contribution in [2.75, 3.05) is 11.4 Å². The van der Waals surface area contributed by atoms with Gasteiger partial charge in [0.1, 0.15) is 11.6 Å². The van der Waals surface area contributed by atoms with Crippen LogP contribution in [0.4, 0.5) is 5.69 Å². The molecule has 2 atom stereocenters. The first-order valence-corrected chi connectivity index (χ1v) is 12.1. The fraction of sp³-hybridized carbons (Fsp3) is 0.407. The summed E-state index contributed by atoms with van der Waals surface area (Å²) in [6, 6.07) is 14.0. The predicted molar refractivity (Wildman–Crippen MR) is 128 cm³/mol. The molecule has 0 bridgehead atoms. The third kappa shape index (κ3) is 5.36. The van der Waals surface area contributed by atoms with E-state index in [4.69, 9.17) is 0 Å². The first-order chi connectivity index (χ1) is 16.9. The monoisotopic (exact) mass is 499 g/mol. The van der Waals surface area contributed by atoms with Gasteiger partial charge in [-0.3, -0.25) is 14.4 Å². The second-order valence-electron chi connectivity index (χ2n) is 9.21. The number of carbonyl (C=O) groups is 4. The molecule has 2 aliphatic rings. The molecule has 2 aliphatic heterocycles. The van der Waals surface area contributed by atoms with Crippen LogP contribution in [0.5, 0.6) is 0 Å². The third-order valence-corrected chi connectivity index (χ3v) is 7.01. The number of aliphatic carboxylic acids is 1. The number of nitrogens with zero attached hydrogens (tertiary/aromatic N) is 2. The molecule has 8 nitrogen and oxygen atoms in total. The second kappa shape index (κ2) is 12.0. The Kier molecular flexibility index (Phi) is 9.33. The number of amides is 3. The molecule has 0 aromatic heterocycles. The number of carboxylic acid groups (broad SMARTS) is 1. The molecule has 4 rings (SSSR count). The number of carboxylic acids is 1. The van der Waals surface area contributed by atoms with Crippen LogP contribution >= 0.6 is 0 Å². The SMILES string of the molecule is CCCCCN1C(=O)C(CCC(=O)[O-])(NC(=O)C2Cc3ccccc3CN2C=O)c2ccccc21.[Na+]. The summed E-state index contributed by atoms with van der Waals surface area (Å²) >= 11 is 0. The fourth-order valence-corrected chi connectivity index (χ4v) is 5.17. The molecule has 2 aromatic carbocycles. The summed E-state index contributed by atoms with van der Waals surface area (Å²) in [5.74, 6) is -2.13. The van der Waals surface area contributed by atoms with Crippen molar-refractivity contribution in [2.24, 2.45) is 0 Å². The van der Waals surface area contributed by atoms with Crippen LogP contribution in [0.15, 0.2) is 48.5 Å². The zero-order chi connectivity index (χ0) is 25.0. The van der Waals surface area contributed by atoms with E-state index >= 15 is 0 Å². The van der Waals surface area contributed by atoms with Gasteiger partial charge in [-0.05, 0) is 36.5 Å². The van der Waals surface area contributed by atoms with Crippen molar-refractivity contribution >= 4 is 29.9 Å². The maximum Gasteiger partial charge on any atom is 1.00 e. The van der Waals surface area contributed by atoms with Crippen LogP contribution in [0.3, 0.4) is 0 Å². The van der Waals surface area contributed by atoms with Gasteiger partial charge >= 0.3 is 29.6 Å². The van der Waals surface area contributed by atoms with Crippen molar-refractivity contribution in [3.05, 3.63) is 65.2 Å². The van der Waals surface area contributed by atoms with E-state index < -0.39 is 29.9 Å². The number of nitrogens with one attached hydrogen (secondary N) is 1. The smallest absolute Gasteiger partial charge is 0.550 e.